The van der Waals surface area contributed by atoms with E-state index in [1.807, 2.05) is 55.5 Å². The average molecular weight is 395 g/mol. The highest BCUT2D eigenvalue weighted by Crippen LogP contribution is 2.35. The maximum atomic E-state index is 12.3. The van der Waals surface area contributed by atoms with E-state index in [0.29, 0.717) is 23.2 Å². The second-order valence-electron chi connectivity index (χ2n) is 6.64. The van der Waals surface area contributed by atoms with Gasteiger partial charge in [0.25, 0.3) is 0 Å². The van der Waals surface area contributed by atoms with E-state index in [1.54, 1.807) is 11.6 Å². The summed E-state index contributed by atoms with van der Waals surface area (Å²) < 4.78 is 7.58. The van der Waals surface area contributed by atoms with Crippen LogP contribution in [0.2, 0.25) is 5.02 Å². The van der Waals surface area contributed by atoms with Crippen LogP contribution in [-0.4, -0.2) is 20.5 Å². The molecule has 0 bridgehead atoms. The molecule has 2 heterocycles. The third kappa shape index (κ3) is 3.51. The van der Waals surface area contributed by atoms with Crippen LogP contribution in [0.5, 0.6) is 5.75 Å². The first-order valence-electron chi connectivity index (χ1n) is 8.88. The molecule has 1 aromatic heterocycles. The number of Topliss-reactive ketones (excluding diaryl/α,β-unsaturated/α-hetero) is 1. The van der Waals surface area contributed by atoms with Crippen LogP contribution in [0, 0.1) is 0 Å². The fraction of sp³-hybridized carbons (Fsp3) is 0.190. The van der Waals surface area contributed by atoms with E-state index in [9.17, 15) is 4.79 Å². The summed E-state index contributed by atoms with van der Waals surface area (Å²) in [5, 5.41) is 8.12. The minimum atomic E-state index is -0.321. The van der Waals surface area contributed by atoms with E-state index in [1.165, 1.54) is 6.33 Å². The third-order valence-corrected chi connectivity index (χ3v) is 4.90. The lowest BCUT2D eigenvalue weighted by Crippen LogP contribution is -2.27. The molecule has 1 unspecified atom stereocenters. The van der Waals surface area contributed by atoms with Crippen LogP contribution in [0.25, 0.3) is 0 Å². The van der Waals surface area contributed by atoms with E-state index in [-0.39, 0.29) is 11.8 Å². The van der Waals surface area contributed by atoms with E-state index in [0.717, 1.165) is 22.6 Å². The van der Waals surface area contributed by atoms with Gasteiger partial charge in [-0.1, -0.05) is 35.9 Å². The standard InChI is InChI=1S/C21H19ClN4O2/c1-13-19(14(2)27)20(26-21(25-13)23-12-24-26)16-6-8-18(9-7-16)28-11-15-4-3-5-17(22)10-15/h3-10,12,20H,11H2,1-2H3,(H,23,24,25). The van der Waals surface area contributed by atoms with Crippen molar-refractivity contribution >= 4 is 23.3 Å². The number of hydrogen-bond donors (Lipinski definition) is 1. The van der Waals surface area contributed by atoms with Crippen molar-refractivity contribution in [2.45, 2.75) is 26.5 Å². The Labute approximate surface area is 167 Å². The minimum absolute atomic E-state index is 0.00238. The molecule has 0 fully saturated rings. The van der Waals surface area contributed by atoms with Crippen LogP contribution >= 0.6 is 11.6 Å². The number of ketones is 1. The van der Waals surface area contributed by atoms with Gasteiger partial charge in [0.2, 0.25) is 5.95 Å². The van der Waals surface area contributed by atoms with Crippen molar-refractivity contribution in [1.29, 1.82) is 0 Å². The largest absolute Gasteiger partial charge is 0.489 e. The second-order valence-corrected chi connectivity index (χ2v) is 7.07. The van der Waals surface area contributed by atoms with Crippen molar-refractivity contribution in [2.24, 2.45) is 0 Å². The Morgan fingerprint density at radius 2 is 2.04 bits per heavy atom. The number of carbonyl (C=O) groups excluding carboxylic acids is 1. The predicted octanol–water partition coefficient (Wildman–Crippen LogP) is 4.39. The van der Waals surface area contributed by atoms with Crippen molar-refractivity contribution in [2.75, 3.05) is 5.32 Å². The first-order valence-corrected chi connectivity index (χ1v) is 9.26. The Morgan fingerprint density at radius 1 is 1.25 bits per heavy atom. The lowest BCUT2D eigenvalue weighted by molar-refractivity contribution is -0.114. The molecule has 1 N–H and O–H groups in total. The summed E-state index contributed by atoms with van der Waals surface area (Å²) in [5.41, 5.74) is 3.40. The quantitative estimate of drug-likeness (QED) is 0.695. The molecule has 3 aromatic rings. The minimum Gasteiger partial charge on any atom is -0.489 e. The molecule has 0 spiro atoms. The lowest BCUT2D eigenvalue weighted by Gasteiger charge is -2.28. The van der Waals surface area contributed by atoms with Gasteiger partial charge >= 0.3 is 0 Å². The van der Waals surface area contributed by atoms with Gasteiger partial charge in [-0.05, 0) is 49.2 Å². The van der Waals surface area contributed by atoms with Crippen molar-refractivity contribution in [3.05, 3.63) is 82.3 Å². The summed E-state index contributed by atoms with van der Waals surface area (Å²) >= 11 is 6.01. The summed E-state index contributed by atoms with van der Waals surface area (Å²) in [7, 11) is 0. The summed E-state index contributed by atoms with van der Waals surface area (Å²) in [5.74, 6) is 1.35. The van der Waals surface area contributed by atoms with Crippen molar-refractivity contribution in [1.82, 2.24) is 14.8 Å². The first kappa shape index (κ1) is 18.3. The number of nitrogens with zero attached hydrogens (tertiary/aromatic N) is 3. The van der Waals surface area contributed by atoms with E-state index in [2.05, 4.69) is 15.4 Å². The molecule has 2 aromatic carbocycles. The number of carbonyl (C=O) groups is 1. The number of ether oxygens (including phenoxy) is 1. The van der Waals surface area contributed by atoms with Gasteiger partial charge in [-0.3, -0.25) is 4.79 Å². The zero-order chi connectivity index (χ0) is 19.7. The smallest absolute Gasteiger partial charge is 0.226 e. The van der Waals surface area contributed by atoms with Crippen LogP contribution in [0.1, 0.15) is 31.0 Å². The Morgan fingerprint density at radius 3 is 2.75 bits per heavy atom. The van der Waals surface area contributed by atoms with Gasteiger partial charge in [0, 0.05) is 16.3 Å². The Hall–Kier alpha value is -3.12. The van der Waals surface area contributed by atoms with Crippen LogP contribution in [0.4, 0.5) is 5.95 Å². The number of aromatic nitrogens is 3. The maximum absolute atomic E-state index is 12.3. The van der Waals surface area contributed by atoms with Gasteiger partial charge in [-0.15, -0.1) is 0 Å². The molecule has 0 saturated carbocycles. The number of benzene rings is 2. The summed E-state index contributed by atoms with van der Waals surface area (Å²) in [6.07, 6.45) is 1.48. The number of anilines is 1. The fourth-order valence-electron chi connectivity index (χ4n) is 3.40. The summed E-state index contributed by atoms with van der Waals surface area (Å²) in [4.78, 5) is 16.5. The molecule has 4 rings (SSSR count). The summed E-state index contributed by atoms with van der Waals surface area (Å²) in [6, 6.07) is 14.9. The monoisotopic (exact) mass is 394 g/mol. The highest BCUT2D eigenvalue weighted by molar-refractivity contribution is 6.30. The average Bonchev–Trinajstić information content (AvgIpc) is 3.13. The molecule has 1 aliphatic rings. The number of rotatable bonds is 5. The number of halogens is 1. The topological polar surface area (TPSA) is 69.0 Å². The molecule has 0 radical (unpaired) electrons. The highest BCUT2D eigenvalue weighted by Gasteiger charge is 2.31. The van der Waals surface area contributed by atoms with Crippen LogP contribution < -0.4 is 10.1 Å². The molecular formula is C21H19ClN4O2. The molecule has 1 aliphatic heterocycles. The lowest BCUT2D eigenvalue weighted by atomic mass is 9.93. The zero-order valence-electron chi connectivity index (χ0n) is 15.5. The van der Waals surface area contributed by atoms with Gasteiger partial charge in [0.15, 0.2) is 5.78 Å². The first-order chi connectivity index (χ1) is 13.5. The number of allylic oxidation sites excluding steroid dienone is 2. The highest BCUT2D eigenvalue weighted by atomic mass is 35.5. The third-order valence-electron chi connectivity index (χ3n) is 4.66. The van der Waals surface area contributed by atoms with Crippen molar-refractivity contribution in [3.63, 3.8) is 0 Å². The molecule has 0 amide bonds. The van der Waals surface area contributed by atoms with Gasteiger partial charge in [0.1, 0.15) is 24.7 Å². The molecule has 28 heavy (non-hydrogen) atoms. The van der Waals surface area contributed by atoms with Crippen molar-refractivity contribution in [3.8, 4) is 5.75 Å². The molecule has 6 nitrogen and oxygen atoms in total. The Kier molecular flexibility index (Phi) is 4.88. The molecule has 1 atom stereocenters. The van der Waals surface area contributed by atoms with Gasteiger partial charge in [-0.2, -0.15) is 10.1 Å². The van der Waals surface area contributed by atoms with E-state index in [4.69, 9.17) is 16.3 Å². The van der Waals surface area contributed by atoms with Gasteiger partial charge in [-0.25, -0.2) is 4.68 Å². The van der Waals surface area contributed by atoms with Crippen LogP contribution in [0.15, 0.2) is 66.1 Å². The van der Waals surface area contributed by atoms with Crippen LogP contribution in [0.3, 0.4) is 0 Å². The number of hydrogen-bond acceptors (Lipinski definition) is 5. The second kappa shape index (κ2) is 7.48. The molecule has 0 saturated heterocycles. The maximum Gasteiger partial charge on any atom is 0.226 e. The molecular weight excluding hydrogens is 376 g/mol. The summed E-state index contributed by atoms with van der Waals surface area (Å²) in [6.45, 7) is 3.88. The predicted molar refractivity (Wildman–Crippen MR) is 107 cm³/mol. The fourth-order valence-corrected chi connectivity index (χ4v) is 3.61. The Bertz CT molecular complexity index is 1060. The normalized spacial score (nSPS) is 15.8. The Balaban J connectivity index is 1.58. The van der Waals surface area contributed by atoms with Gasteiger partial charge in [0.05, 0.1) is 0 Å². The number of nitrogens with one attached hydrogen (secondary N) is 1. The van der Waals surface area contributed by atoms with E-state index >= 15 is 0 Å². The molecule has 142 valence electrons. The van der Waals surface area contributed by atoms with Crippen molar-refractivity contribution < 1.29 is 9.53 Å². The zero-order valence-corrected chi connectivity index (χ0v) is 16.3. The number of fused-ring (bicyclic) bond motifs is 1. The van der Waals surface area contributed by atoms with Gasteiger partial charge < -0.3 is 10.1 Å². The molecule has 7 heteroatoms. The SMILES string of the molecule is CC(=O)C1=C(C)Nc2ncnn2C1c1ccc(OCc2cccc(Cl)c2)cc1. The molecule has 0 aliphatic carbocycles. The van der Waals surface area contributed by atoms with E-state index < -0.39 is 0 Å². The van der Waals surface area contributed by atoms with Crippen LogP contribution in [-0.2, 0) is 11.4 Å².